The van der Waals surface area contributed by atoms with Gasteiger partial charge in [-0.05, 0) is 29.8 Å². The molecule has 0 atom stereocenters. The van der Waals surface area contributed by atoms with E-state index in [0.717, 1.165) is 5.56 Å². The second-order valence-corrected chi connectivity index (χ2v) is 6.84. The van der Waals surface area contributed by atoms with Crippen LogP contribution in [-0.2, 0) is 16.6 Å². The molecule has 112 valence electrons. The highest BCUT2D eigenvalue weighted by Crippen LogP contribution is 2.16. The number of hydrogen-bond donors (Lipinski definition) is 2. The van der Waals surface area contributed by atoms with Crippen molar-refractivity contribution in [1.29, 1.82) is 0 Å². The van der Waals surface area contributed by atoms with Gasteiger partial charge in [0.1, 0.15) is 0 Å². The van der Waals surface area contributed by atoms with Crippen molar-refractivity contribution in [3.63, 3.8) is 0 Å². The fourth-order valence-electron chi connectivity index (χ4n) is 1.86. The van der Waals surface area contributed by atoms with Crippen molar-refractivity contribution in [3.05, 3.63) is 60.2 Å². The molecular weight excluding hydrogens is 284 g/mol. The van der Waals surface area contributed by atoms with Crippen LogP contribution in [0.4, 0.5) is 5.69 Å². The Morgan fingerprint density at radius 1 is 1.00 bits per heavy atom. The monoisotopic (exact) mass is 304 g/mol. The summed E-state index contributed by atoms with van der Waals surface area (Å²) in [4.78, 5) is 0.273. The van der Waals surface area contributed by atoms with Crippen molar-refractivity contribution in [2.24, 2.45) is 0 Å². The number of hydrogen-bond acceptors (Lipinski definition) is 3. The van der Waals surface area contributed by atoms with E-state index in [-0.39, 0.29) is 4.90 Å². The van der Waals surface area contributed by atoms with Crippen LogP contribution in [0.3, 0.4) is 0 Å². The van der Waals surface area contributed by atoms with E-state index >= 15 is 0 Å². The molecule has 0 bridgehead atoms. The summed E-state index contributed by atoms with van der Waals surface area (Å²) >= 11 is 0. The van der Waals surface area contributed by atoms with Crippen LogP contribution < -0.4 is 10.0 Å². The average molecular weight is 304 g/mol. The van der Waals surface area contributed by atoms with Gasteiger partial charge >= 0.3 is 0 Å². The molecule has 2 aromatic rings. The lowest BCUT2D eigenvalue weighted by Crippen LogP contribution is -2.22. The van der Waals surface area contributed by atoms with Gasteiger partial charge in [-0.1, -0.05) is 44.2 Å². The maximum Gasteiger partial charge on any atom is 0.261 e. The van der Waals surface area contributed by atoms with Gasteiger partial charge in [-0.2, -0.15) is 0 Å². The average Bonchev–Trinajstić information content (AvgIpc) is 2.46. The van der Waals surface area contributed by atoms with Crippen molar-refractivity contribution in [2.75, 3.05) is 4.72 Å². The summed E-state index contributed by atoms with van der Waals surface area (Å²) in [7, 11) is -3.55. The predicted octanol–water partition coefficient (Wildman–Crippen LogP) is 2.99. The quantitative estimate of drug-likeness (QED) is 0.862. The maximum atomic E-state index is 12.4. The molecule has 0 unspecified atom stereocenters. The molecule has 4 nitrogen and oxygen atoms in total. The third kappa shape index (κ3) is 4.58. The Morgan fingerprint density at radius 3 is 2.38 bits per heavy atom. The van der Waals surface area contributed by atoms with Crippen LogP contribution in [0.25, 0.3) is 0 Å². The first-order valence-electron chi connectivity index (χ1n) is 6.87. The standard InChI is InChI=1S/C16H20N2O2S/c1-13(2)17-12-14-7-6-10-16(11-14)21(19,20)18-15-8-4-3-5-9-15/h3-11,13,17-18H,12H2,1-2H3. The molecule has 5 heteroatoms. The van der Waals surface area contributed by atoms with E-state index in [1.54, 1.807) is 42.5 Å². The zero-order valence-corrected chi connectivity index (χ0v) is 13.0. The van der Waals surface area contributed by atoms with Crippen molar-refractivity contribution in [2.45, 2.75) is 31.3 Å². The smallest absolute Gasteiger partial charge is 0.261 e. The minimum absolute atomic E-state index is 0.273. The van der Waals surface area contributed by atoms with Gasteiger partial charge < -0.3 is 5.32 Å². The molecule has 0 aromatic heterocycles. The van der Waals surface area contributed by atoms with Crippen LogP contribution in [0.15, 0.2) is 59.5 Å². The maximum absolute atomic E-state index is 12.4. The van der Waals surface area contributed by atoms with Crippen LogP contribution in [0.5, 0.6) is 0 Å². The molecule has 0 saturated carbocycles. The molecule has 2 N–H and O–H groups in total. The molecule has 0 radical (unpaired) electrons. The number of para-hydroxylation sites is 1. The SMILES string of the molecule is CC(C)NCc1cccc(S(=O)(=O)Nc2ccccc2)c1. The number of nitrogens with one attached hydrogen (secondary N) is 2. The molecule has 0 amide bonds. The summed E-state index contributed by atoms with van der Waals surface area (Å²) in [6.45, 7) is 4.75. The topological polar surface area (TPSA) is 58.2 Å². The Hall–Kier alpha value is -1.85. The molecule has 0 aliphatic carbocycles. The Morgan fingerprint density at radius 2 is 1.71 bits per heavy atom. The van der Waals surface area contributed by atoms with Crippen molar-refractivity contribution < 1.29 is 8.42 Å². The second kappa shape index (κ2) is 6.74. The molecule has 0 aliphatic heterocycles. The Bertz CT molecular complexity index is 682. The van der Waals surface area contributed by atoms with Crippen LogP contribution in [0.1, 0.15) is 19.4 Å². The van der Waals surface area contributed by atoms with Crippen molar-refractivity contribution >= 4 is 15.7 Å². The third-order valence-corrected chi connectivity index (χ3v) is 4.33. The zero-order chi connectivity index (χ0) is 15.3. The van der Waals surface area contributed by atoms with E-state index in [1.165, 1.54) is 0 Å². The van der Waals surface area contributed by atoms with Gasteiger partial charge in [0, 0.05) is 18.3 Å². The second-order valence-electron chi connectivity index (χ2n) is 5.15. The largest absolute Gasteiger partial charge is 0.310 e. The number of rotatable bonds is 6. The van der Waals surface area contributed by atoms with Crippen molar-refractivity contribution in [1.82, 2.24) is 5.32 Å². The molecule has 21 heavy (non-hydrogen) atoms. The fraction of sp³-hybridized carbons (Fsp3) is 0.250. The Kier molecular flexibility index (Phi) is 4.98. The van der Waals surface area contributed by atoms with E-state index in [4.69, 9.17) is 0 Å². The molecule has 0 spiro atoms. The lowest BCUT2D eigenvalue weighted by Gasteiger charge is -2.11. The lowest BCUT2D eigenvalue weighted by atomic mass is 10.2. The summed E-state index contributed by atoms with van der Waals surface area (Å²) in [5, 5.41) is 3.27. The van der Waals surface area contributed by atoms with E-state index in [0.29, 0.717) is 18.3 Å². The highest BCUT2D eigenvalue weighted by atomic mass is 32.2. The normalized spacial score (nSPS) is 11.6. The fourth-order valence-corrected chi connectivity index (χ4v) is 2.99. The Labute approximate surface area is 126 Å². The van der Waals surface area contributed by atoms with E-state index in [1.807, 2.05) is 12.1 Å². The van der Waals surface area contributed by atoms with Gasteiger partial charge in [0.15, 0.2) is 0 Å². The van der Waals surface area contributed by atoms with Gasteiger partial charge in [0.25, 0.3) is 10.0 Å². The van der Waals surface area contributed by atoms with Gasteiger partial charge in [0.2, 0.25) is 0 Å². The number of benzene rings is 2. The minimum atomic E-state index is -3.55. The van der Waals surface area contributed by atoms with Crippen LogP contribution in [-0.4, -0.2) is 14.5 Å². The molecule has 0 aliphatic rings. The van der Waals surface area contributed by atoms with E-state index < -0.39 is 10.0 Å². The van der Waals surface area contributed by atoms with Gasteiger partial charge in [-0.3, -0.25) is 4.72 Å². The van der Waals surface area contributed by atoms with E-state index in [2.05, 4.69) is 23.9 Å². The van der Waals surface area contributed by atoms with Crippen LogP contribution in [0.2, 0.25) is 0 Å². The first-order valence-corrected chi connectivity index (χ1v) is 8.36. The molecule has 0 saturated heterocycles. The summed E-state index contributed by atoms with van der Waals surface area (Å²) in [5.41, 5.74) is 1.50. The van der Waals surface area contributed by atoms with Crippen molar-refractivity contribution in [3.8, 4) is 0 Å². The molecule has 0 fully saturated rings. The van der Waals surface area contributed by atoms with Gasteiger partial charge in [-0.15, -0.1) is 0 Å². The van der Waals surface area contributed by atoms with Gasteiger partial charge in [0.05, 0.1) is 4.90 Å². The number of anilines is 1. The summed E-state index contributed by atoms with van der Waals surface area (Å²) in [6, 6.07) is 16.2. The predicted molar refractivity (Wildman–Crippen MR) is 85.7 cm³/mol. The van der Waals surface area contributed by atoms with Crippen LogP contribution in [0, 0.1) is 0 Å². The molecule has 2 aromatic carbocycles. The highest BCUT2D eigenvalue weighted by molar-refractivity contribution is 7.92. The summed E-state index contributed by atoms with van der Waals surface area (Å²) in [5.74, 6) is 0. The summed E-state index contributed by atoms with van der Waals surface area (Å²) < 4.78 is 27.3. The first kappa shape index (κ1) is 15.5. The Balaban J connectivity index is 2.18. The summed E-state index contributed by atoms with van der Waals surface area (Å²) in [6.07, 6.45) is 0. The lowest BCUT2D eigenvalue weighted by molar-refractivity contribution is 0.587. The first-order chi connectivity index (χ1) is 9.97. The molecular formula is C16H20N2O2S. The highest BCUT2D eigenvalue weighted by Gasteiger charge is 2.14. The minimum Gasteiger partial charge on any atom is -0.310 e. The van der Waals surface area contributed by atoms with E-state index in [9.17, 15) is 8.42 Å². The molecule has 2 rings (SSSR count). The molecule has 0 heterocycles. The van der Waals surface area contributed by atoms with Crippen LogP contribution >= 0.6 is 0 Å². The third-order valence-electron chi connectivity index (χ3n) is 2.95. The number of sulfonamides is 1. The van der Waals surface area contributed by atoms with Gasteiger partial charge in [-0.25, -0.2) is 8.42 Å². The zero-order valence-electron chi connectivity index (χ0n) is 12.2.